The van der Waals surface area contributed by atoms with Crippen LogP contribution in [-0.4, -0.2) is 5.54 Å². The van der Waals surface area contributed by atoms with Gasteiger partial charge < -0.3 is 4.90 Å². The molecule has 0 saturated heterocycles. The fourth-order valence-electron chi connectivity index (χ4n) is 4.73. The van der Waals surface area contributed by atoms with Crippen molar-refractivity contribution >= 4 is 22.1 Å². The molecule has 5 aromatic carbocycles. The number of hydrogen-bond donors (Lipinski definition) is 0. The predicted molar refractivity (Wildman–Crippen MR) is 143 cm³/mol. The van der Waals surface area contributed by atoms with Gasteiger partial charge in [-0.1, -0.05) is 109 Å². The minimum atomic E-state index is -0.123. The van der Waals surface area contributed by atoms with Crippen LogP contribution >= 0.6 is 0 Å². The smallest absolute Gasteiger partial charge is 0.0496 e. The molecule has 0 saturated carbocycles. The molecule has 0 N–H and O–H groups in total. The molecule has 0 aliphatic rings. The highest BCUT2D eigenvalue weighted by Gasteiger charge is 2.27. The molecule has 0 heterocycles. The van der Waals surface area contributed by atoms with Crippen molar-refractivity contribution in [2.45, 2.75) is 26.3 Å². The number of benzene rings is 5. The van der Waals surface area contributed by atoms with Gasteiger partial charge in [-0.15, -0.1) is 0 Å². The van der Waals surface area contributed by atoms with Crippen LogP contribution in [0.4, 0.5) is 11.4 Å². The summed E-state index contributed by atoms with van der Waals surface area (Å²) in [5, 5.41) is 2.53. The normalized spacial score (nSPS) is 11.5. The van der Waals surface area contributed by atoms with E-state index in [1.54, 1.807) is 0 Å². The molecule has 1 heteroatoms. The first kappa shape index (κ1) is 21.0. The van der Waals surface area contributed by atoms with Gasteiger partial charge in [0.2, 0.25) is 0 Å². The second kappa shape index (κ2) is 8.60. The third kappa shape index (κ3) is 4.03. The van der Waals surface area contributed by atoms with Crippen LogP contribution < -0.4 is 4.90 Å². The highest BCUT2D eigenvalue weighted by Crippen LogP contribution is 2.44. The molecule has 5 rings (SSSR count). The van der Waals surface area contributed by atoms with Gasteiger partial charge in [-0.25, -0.2) is 0 Å². The van der Waals surface area contributed by atoms with E-state index < -0.39 is 0 Å². The molecule has 0 aliphatic carbocycles. The highest BCUT2D eigenvalue weighted by atomic mass is 15.2. The number of hydrogen-bond acceptors (Lipinski definition) is 1. The number of fused-ring (bicyclic) bond motifs is 1. The Bertz CT molecular complexity index is 1380. The third-order valence-electron chi connectivity index (χ3n) is 6.13. The molecule has 5 aromatic rings. The van der Waals surface area contributed by atoms with Crippen LogP contribution in [0.3, 0.4) is 0 Å². The van der Waals surface area contributed by atoms with Crippen molar-refractivity contribution in [1.29, 1.82) is 0 Å². The Balaban J connectivity index is 1.77. The molecule has 33 heavy (non-hydrogen) atoms. The van der Waals surface area contributed by atoms with Crippen molar-refractivity contribution < 1.29 is 0 Å². The Kier molecular flexibility index (Phi) is 5.48. The zero-order valence-electron chi connectivity index (χ0n) is 19.5. The lowest BCUT2D eigenvalue weighted by Crippen LogP contribution is -2.38. The molecule has 162 valence electrons. The van der Waals surface area contributed by atoms with Gasteiger partial charge in [-0.2, -0.15) is 0 Å². The minimum Gasteiger partial charge on any atom is -0.335 e. The van der Waals surface area contributed by atoms with E-state index in [2.05, 4.69) is 147 Å². The fraction of sp³-hybridized carbons (Fsp3) is 0.125. The lowest BCUT2D eigenvalue weighted by Gasteiger charge is -2.40. The van der Waals surface area contributed by atoms with Crippen molar-refractivity contribution in [3.8, 4) is 22.3 Å². The monoisotopic (exact) mass is 427 g/mol. The Morgan fingerprint density at radius 3 is 1.58 bits per heavy atom. The van der Waals surface area contributed by atoms with Crippen LogP contribution in [0.5, 0.6) is 0 Å². The quantitative estimate of drug-likeness (QED) is 0.276. The molecule has 0 atom stereocenters. The van der Waals surface area contributed by atoms with Crippen LogP contribution in [-0.2, 0) is 0 Å². The SMILES string of the molecule is CC(C)(C)N(c1ccccc1-c1ccccc1)c1ccc(-c2ccccc2)c2ccccc12. The van der Waals surface area contributed by atoms with E-state index in [0.717, 1.165) is 0 Å². The predicted octanol–water partition coefficient (Wildman–Crippen LogP) is 9.11. The van der Waals surface area contributed by atoms with Crippen LogP contribution in [0.2, 0.25) is 0 Å². The van der Waals surface area contributed by atoms with E-state index >= 15 is 0 Å². The Labute approximate surface area is 197 Å². The summed E-state index contributed by atoms with van der Waals surface area (Å²) >= 11 is 0. The Morgan fingerprint density at radius 2 is 0.939 bits per heavy atom. The van der Waals surface area contributed by atoms with E-state index in [1.807, 2.05) is 0 Å². The van der Waals surface area contributed by atoms with E-state index in [9.17, 15) is 0 Å². The summed E-state index contributed by atoms with van der Waals surface area (Å²) in [7, 11) is 0. The van der Waals surface area contributed by atoms with Gasteiger partial charge in [0, 0.05) is 27.9 Å². The lowest BCUT2D eigenvalue weighted by atomic mass is 9.93. The zero-order chi connectivity index (χ0) is 22.8. The summed E-state index contributed by atoms with van der Waals surface area (Å²) in [6, 6.07) is 43.4. The number of rotatable bonds is 4. The van der Waals surface area contributed by atoms with Crippen molar-refractivity contribution in [3.63, 3.8) is 0 Å². The first-order chi connectivity index (χ1) is 16.0. The maximum Gasteiger partial charge on any atom is 0.0496 e. The fourth-order valence-corrected chi connectivity index (χ4v) is 4.73. The zero-order valence-corrected chi connectivity index (χ0v) is 19.5. The van der Waals surface area contributed by atoms with Crippen LogP contribution in [0.1, 0.15) is 20.8 Å². The van der Waals surface area contributed by atoms with E-state index in [4.69, 9.17) is 0 Å². The Morgan fingerprint density at radius 1 is 0.424 bits per heavy atom. The topological polar surface area (TPSA) is 3.24 Å². The summed E-state index contributed by atoms with van der Waals surface area (Å²) < 4.78 is 0. The van der Waals surface area contributed by atoms with Gasteiger partial charge in [0.25, 0.3) is 0 Å². The summed E-state index contributed by atoms with van der Waals surface area (Å²) in [5.74, 6) is 0. The minimum absolute atomic E-state index is 0.123. The molecule has 0 fully saturated rings. The maximum atomic E-state index is 2.49. The van der Waals surface area contributed by atoms with Gasteiger partial charge in [-0.05, 0) is 55.0 Å². The van der Waals surface area contributed by atoms with Gasteiger partial charge in [0.15, 0.2) is 0 Å². The van der Waals surface area contributed by atoms with Crippen molar-refractivity contribution in [2.75, 3.05) is 4.90 Å². The summed E-state index contributed by atoms with van der Waals surface area (Å²) in [4.78, 5) is 2.49. The molecule has 0 unspecified atom stereocenters. The van der Waals surface area contributed by atoms with Gasteiger partial charge in [-0.3, -0.25) is 0 Å². The van der Waals surface area contributed by atoms with Crippen LogP contribution in [0.25, 0.3) is 33.0 Å². The standard InChI is InChI=1S/C32H29N/c1-32(2,3)33(30-21-13-12-18-27(30)25-16-8-5-9-17-25)31-23-22-26(24-14-6-4-7-15-24)28-19-10-11-20-29(28)31/h4-23H,1-3H3. The molecule has 0 amide bonds. The molecule has 0 bridgehead atoms. The molecule has 0 aromatic heterocycles. The maximum absolute atomic E-state index is 2.49. The number of anilines is 2. The third-order valence-corrected chi connectivity index (χ3v) is 6.13. The van der Waals surface area contributed by atoms with Gasteiger partial charge in [0.1, 0.15) is 0 Å². The molecule has 1 nitrogen and oxygen atoms in total. The van der Waals surface area contributed by atoms with Crippen LogP contribution in [0.15, 0.2) is 121 Å². The molecule has 0 aliphatic heterocycles. The lowest BCUT2D eigenvalue weighted by molar-refractivity contribution is 0.562. The van der Waals surface area contributed by atoms with Gasteiger partial charge in [0.05, 0.1) is 0 Å². The molecular formula is C32H29N. The first-order valence-corrected chi connectivity index (χ1v) is 11.6. The largest absolute Gasteiger partial charge is 0.335 e. The van der Waals surface area contributed by atoms with Crippen LogP contribution in [0, 0.1) is 0 Å². The summed E-state index contributed by atoms with van der Waals surface area (Å²) in [6.45, 7) is 6.86. The summed E-state index contributed by atoms with van der Waals surface area (Å²) in [6.07, 6.45) is 0. The van der Waals surface area contributed by atoms with Crippen molar-refractivity contribution in [3.05, 3.63) is 121 Å². The highest BCUT2D eigenvalue weighted by molar-refractivity contribution is 6.05. The average Bonchev–Trinajstić information content (AvgIpc) is 2.85. The van der Waals surface area contributed by atoms with E-state index in [-0.39, 0.29) is 5.54 Å². The van der Waals surface area contributed by atoms with Gasteiger partial charge >= 0.3 is 0 Å². The van der Waals surface area contributed by atoms with E-state index in [1.165, 1.54) is 44.4 Å². The summed E-state index contributed by atoms with van der Waals surface area (Å²) in [5.41, 5.74) is 7.29. The first-order valence-electron chi connectivity index (χ1n) is 11.6. The molecule has 0 spiro atoms. The van der Waals surface area contributed by atoms with E-state index in [0.29, 0.717) is 0 Å². The van der Waals surface area contributed by atoms with Crippen molar-refractivity contribution in [1.82, 2.24) is 0 Å². The average molecular weight is 428 g/mol. The van der Waals surface area contributed by atoms with Crippen molar-refractivity contribution in [2.24, 2.45) is 0 Å². The Hall–Kier alpha value is -3.84. The number of para-hydroxylation sites is 1. The molecule has 0 radical (unpaired) electrons. The second-order valence-electron chi connectivity index (χ2n) is 9.43. The second-order valence-corrected chi connectivity index (χ2v) is 9.43. The number of nitrogens with zero attached hydrogens (tertiary/aromatic N) is 1. The molecular weight excluding hydrogens is 398 g/mol.